The number of hydrogen-bond acceptors (Lipinski definition) is 1. The number of ether oxygens (including phenoxy) is 1. The maximum atomic E-state index is 5.36. The quantitative estimate of drug-likeness (QED) is 0.564. The lowest BCUT2D eigenvalue weighted by molar-refractivity contribution is -0.0194. The van der Waals surface area contributed by atoms with Crippen LogP contribution in [0.4, 0.5) is 0 Å². The molecule has 2 fully saturated rings. The van der Waals surface area contributed by atoms with Crippen molar-refractivity contribution in [2.75, 3.05) is 13.2 Å². The van der Waals surface area contributed by atoms with E-state index in [9.17, 15) is 0 Å². The van der Waals surface area contributed by atoms with Crippen LogP contribution in [0, 0.1) is 11.3 Å². The largest absolute Gasteiger partial charge is 0.381 e. The summed E-state index contributed by atoms with van der Waals surface area (Å²) < 4.78 is 5.36. The molecule has 0 aromatic carbocycles. The van der Waals surface area contributed by atoms with E-state index in [1.54, 1.807) is 0 Å². The molecule has 1 nitrogen and oxygen atoms in total. The minimum Gasteiger partial charge on any atom is -0.381 e. The molecule has 0 radical (unpaired) electrons. The van der Waals surface area contributed by atoms with Crippen LogP contribution in [0.3, 0.4) is 0 Å². The van der Waals surface area contributed by atoms with E-state index in [0.29, 0.717) is 5.41 Å². The summed E-state index contributed by atoms with van der Waals surface area (Å²) in [5, 5.41) is 0. The van der Waals surface area contributed by atoms with E-state index in [0.717, 1.165) is 19.1 Å². The Balaban J connectivity index is 1.91. The standard InChI is InChI=1S/C10H18O/c1-10(5-2-6-10)9-3-7-11-8-4-9/h9H,2-8H2,1H3. The van der Waals surface area contributed by atoms with Gasteiger partial charge in [0.05, 0.1) is 0 Å². The second-order valence-corrected chi connectivity index (χ2v) is 4.39. The zero-order valence-electron chi connectivity index (χ0n) is 7.44. The van der Waals surface area contributed by atoms with Crippen molar-refractivity contribution in [1.29, 1.82) is 0 Å². The highest BCUT2D eigenvalue weighted by Gasteiger charge is 2.39. The minimum absolute atomic E-state index is 0.712. The summed E-state index contributed by atoms with van der Waals surface area (Å²) in [7, 11) is 0. The average Bonchev–Trinajstić information content (AvgIpc) is 2.02. The summed E-state index contributed by atoms with van der Waals surface area (Å²) in [5.74, 6) is 0.977. The van der Waals surface area contributed by atoms with Crippen molar-refractivity contribution in [1.82, 2.24) is 0 Å². The van der Waals surface area contributed by atoms with Gasteiger partial charge in [-0.25, -0.2) is 0 Å². The summed E-state index contributed by atoms with van der Waals surface area (Å²) >= 11 is 0. The molecule has 11 heavy (non-hydrogen) atoms. The van der Waals surface area contributed by atoms with Crippen LogP contribution in [0.5, 0.6) is 0 Å². The molecule has 0 bridgehead atoms. The lowest BCUT2D eigenvalue weighted by Crippen LogP contribution is -2.37. The van der Waals surface area contributed by atoms with Gasteiger partial charge in [-0.05, 0) is 37.0 Å². The molecule has 1 heterocycles. The van der Waals surface area contributed by atoms with Crippen LogP contribution >= 0.6 is 0 Å². The maximum absolute atomic E-state index is 5.36. The number of hydrogen-bond donors (Lipinski definition) is 0. The molecule has 1 aliphatic carbocycles. The first-order valence-electron chi connectivity index (χ1n) is 4.89. The highest BCUT2D eigenvalue weighted by atomic mass is 16.5. The molecule has 0 atom stereocenters. The lowest BCUT2D eigenvalue weighted by atomic mass is 9.60. The summed E-state index contributed by atoms with van der Waals surface area (Å²) in [4.78, 5) is 0. The molecule has 1 heteroatoms. The van der Waals surface area contributed by atoms with E-state index < -0.39 is 0 Å². The van der Waals surface area contributed by atoms with E-state index in [1.165, 1.54) is 32.1 Å². The molecule has 0 unspecified atom stereocenters. The van der Waals surface area contributed by atoms with Gasteiger partial charge in [-0.3, -0.25) is 0 Å². The molecular weight excluding hydrogens is 136 g/mol. The van der Waals surface area contributed by atoms with E-state index in [2.05, 4.69) is 6.92 Å². The van der Waals surface area contributed by atoms with Crippen LogP contribution in [0.15, 0.2) is 0 Å². The summed E-state index contributed by atoms with van der Waals surface area (Å²) in [6, 6.07) is 0. The van der Waals surface area contributed by atoms with Gasteiger partial charge in [0.25, 0.3) is 0 Å². The fourth-order valence-electron chi connectivity index (χ4n) is 2.54. The molecule has 2 rings (SSSR count). The Morgan fingerprint density at radius 1 is 1.18 bits per heavy atom. The molecular formula is C10H18O. The molecule has 1 saturated heterocycles. The zero-order chi connectivity index (χ0) is 7.73. The van der Waals surface area contributed by atoms with Gasteiger partial charge in [0, 0.05) is 13.2 Å². The molecule has 0 aromatic rings. The second kappa shape index (κ2) is 2.78. The van der Waals surface area contributed by atoms with Gasteiger partial charge in [0.2, 0.25) is 0 Å². The van der Waals surface area contributed by atoms with Gasteiger partial charge in [0.1, 0.15) is 0 Å². The molecule has 0 aromatic heterocycles. The van der Waals surface area contributed by atoms with Gasteiger partial charge in [-0.1, -0.05) is 13.3 Å². The van der Waals surface area contributed by atoms with E-state index in [4.69, 9.17) is 4.74 Å². The first kappa shape index (κ1) is 7.60. The Kier molecular flexibility index (Phi) is 1.92. The molecule has 0 amide bonds. The van der Waals surface area contributed by atoms with Crippen LogP contribution < -0.4 is 0 Å². The van der Waals surface area contributed by atoms with E-state index in [1.807, 2.05) is 0 Å². The Morgan fingerprint density at radius 3 is 2.27 bits per heavy atom. The van der Waals surface area contributed by atoms with Crippen LogP contribution in [0.2, 0.25) is 0 Å². The fourth-order valence-corrected chi connectivity index (χ4v) is 2.54. The van der Waals surface area contributed by atoms with Crippen LogP contribution in [-0.4, -0.2) is 13.2 Å². The van der Waals surface area contributed by atoms with Crippen molar-refractivity contribution in [3.8, 4) is 0 Å². The van der Waals surface area contributed by atoms with Gasteiger partial charge in [-0.2, -0.15) is 0 Å². The van der Waals surface area contributed by atoms with E-state index in [-0.39, 0.29) is 0 Å². The van der Waals surface area contributed by atoms with Crippen LogP contribution in [0.25, 0.3) is 0 Å². The highest BCUT2D eigenvalue weighted by Crippen LogP contribution is 2.49. The zero-order valence-corrected chi connectivity index (χ0v) is 7.44. The molecule has 0 N–H and O–H groups in total. The Morgan fingerprint density at radius 2 is 1.82 bits per heavy atom. The van der Waals surface area contributed by atoms with Crippen molar-refractivity contribution in [3.05, 3.63) is 0 Å². The van der Waals surface area contributed by atoms with Crippen molar-refractivity contribution >= 4 is 0 Å². The average molecular weight is 154 g/mol. The van der Waals surface area contributed by atoms with Crippen molar-refractivity contribution in [2.45, 2.75) is 39.0 Å². The monoisotopic (exact) mass is 154 g/mol. The van der Waals surface area contributed by atoms with E-state index >= 15 is 0 Å². The second-order valence-electron chi connectivity index (χ2n) is 4.39. The number of rotatable bonds is 1. The van der Waals surface area contributed by atoms with Gasteiger partial charge < -0.3 is 4.74 Å². The summed E-state index contributed by atoms with van der Waals surface area (Å²) in [5.41, 5.74) is 0.712. The Bertz CT molecular complexity index is 132. The van der Waals surface area contributed by atoms with Gasteiger partial charge in [-0.15, -0.1) is 0 Å². The molecule has 64 valence electrons. The van der Waals surface area contributed by atoms with Crippen molar-refractivity contribution < 1.29 is 4.74 Å². The van der Waals surface area contributed by atoms with Gasteiger partial charge >= 0.3 is 0 Å². The predicted molar refractivity (Wildman–Crippen MR) is 45.5 cm³/mol. The molecule has 2 aliphatic rings. The maximum Gasteiger partial charge on any atom is 0.0468 e. The highest BCUT2D eigenvalue weighted by molar-refractivity contribution is 4.90. The molecule has 1 aliphatic heterocycles. The fraction of sp³-hybridized carbons (Fsp3) is 1.00. The van der Waals surface area contributed by atoms with Gasteiger partial charge in [0.15, 0.2) is 0 Å². The predicted octanol–water partition coefficient (Wildman–Crippen LogP) is 2.60. The Hall–Kier alpha value is -0.0400. The van der Waals surface area contributed by atoms with Crippen molar-refractivity contribution in [2.24, 2.45) is 11.3 Å². The van der Waals surface area contributed by atoms with Crippen molar-refractivity contribution in [3.63, 3.8) is 0 Å². The topological polar surface area (TPSA) is 9.23 Å². The summed E-state index contributed by atoms with van der Waals surface area (Å²) in [6.45, 7) is 4.49. The third-order valence-electron chi connectivity index (χ3n) is 3.70. The first-order valence-corrected chi connectivity index (χ1v) is 4.89. The third-order valence-corrected chi connectivity index (χ3v) is 3.70. The third kappa shape index (κ3) is 1.31. The molecule has 1 saturated carbocycles. The smallest absolute Gasteiger partial charge is 0.0468 e. The normalized spacial score (nSPS) is 31.4. The Labute approximate surface area is 69.1 Å². The SMILES string of the molecule is CC1(C2CCOCC2)CCC1. The first-order chi connectivity index (χ1) is 5.31. The minimum atomic E-state index is 0.712. The van der Waals surface area contributed by atoms with Crippen LogP contribution in [-0.2, 0) is 4.74 Å². The summed E-state index contributed by atoms with van der Waals surface area (Å²) in [6.07, 6.45) is 7.04. The molecule has 0 spiro atoms. The lowest BCUT2D eigenvalue weighted by Gasteiger charge is -2.46. The van der Waals surface area contributed by atoms with Crippen LogP contribution in [0.1, 0.15) is 39.0 Å².